The summed E-state index contributed by atoms with van der Waals surface area (Å²) in [6.45, 7) is 11.8. The highest BCUT2D eigenvalue weighted by Crippen LogP contribution is 2.11. The zero-order valence-electron chi connectivity index (χ0n) is 14.7. The smallest absolute Gasteiger partial charge is 0.227 e. The first-order valence-electron chi connectivity index (χ1n) is 9.07. The Morgan fingerprint density at radius 2 is 1.58 bits per heavy atom. The van der Waals surface area contributed by atoms with Crippen LogP contribution in [0.5, 0.6) is 0 Å². The van der Waals surface area contributed by atoms with Crippen LogP contribution in [0.25, 0.3) is 0 Å². The fourth-order valence-corrected chi connectivity index (χ4v) is 3.41. The zero-order chi connectivity index (χ0) is 16.8. The first kappa shape index (κ1) is 17.4. The van der Waals surface area contributed by atoms with Gasteiger partial charge >= 0.3 is 0 Å². The minimum atomic E-state index is 0.261. The topological polar surface area (TPSA) is 36.0 Å². The molecule has 0 spiro atoms. The summed E-state index contributed by atoms with van der Waals surface area (Å²) in [6.07, 6.45) is 0.528. The molecule has 24 heavy (non-hydrogen) atoms. The van der Waals surface area contributed by atoms with Gasteiger partial charge in [-0.25, -0.2) is 0 Å². The number of carbonyl (C=O) groups is 1. The van der Waals surface area contributed by atoms with Crippen LogP contribution in [0.2, 0.25) is 0 Å². The number of aryl methyl sites for hydroxylation is 1. The van der Waals surface area contributed by atoms with Gasteiger partial charge in [0.25, 0.3) is 0 Å². The van der Waals surface area contributed by atoms with Gasteiger partial charge in [0, 0.05) is 52.4 Å². The molecule has 0 radical (unpaired) electrons. The summed E-state index contributed by atoms with van der Waals surface area (Å²) in [5.41, 5.74) is 2.35. The van der Waals surface area contributed by atoms with Gasteiger partial charge in [-0.1, -0.05) is 24.3 Å². The average Bonchev–Trinajstić information content (AvgIpc) is 2.63. The highest BCUT2D eigenvalue weighted by molar-refractivity contribution is 5.79. The highest BCUT2D eigenvalue weighted by Gasteiger charge is 2.22. The molecule has 0 bridgehead atoms. The van der Waals surface area contributed by atoms with Crippen LogP contribution in [0.1, 0.15) is 11.1 Å². The summed E-state index contributed by atoms with van der Waals surface area (Å²) in [5, 5.41) is 0. The number of nitrogens with zero attached hydrogens (tertiary/aromatic N) is 3. The van der Waals surface area contributed by atoms with Gasteiger partial charge in [0.05, 0.1) is 19.6 Å². The number of piperazine rings is 1. The van der Waals surface area contributed by atoms with E-state index < -0.39 is 0 Å². The predicted molar refractivity (Wildman–Crippen MR) is 95.2 cm³/mol. The van der Waals surface area contributed by atoms with Gasteiger partial charge in [-0.05, 0) is 18.1 Å². The lowest BCUT2D eigenvalue weighted by Crippen LogP contribution is -2.51. The molecule has 2 aliphatic rings. The Hall–Kier alpha value is -1.43. The summed E-state index contributed by atoms with van der Waals surface area (Å²) in [4.78, 5) is 19.5. The molecule has 132 valence electrons. The minimum absolute atomic E-state index is 0.261. The van der Waals surface area contributed by atoms with Gasteiger partial charge in [-0.3, -0.25) is 14.6 Å². The predicted octanol–water partition coefficient (Wildman–Crippen LogP) is 1.01. The number of amides is 1. The molecule has 0 unspecified atom stereocenters. The van der Waals surface area contributed by atoms with Crippen molar-refractivity contribution in [2.45, 2.75) is 13.3 Å². The number of ether oxygens (including phenoxy) is 1. The lowest BCUT2D eigenvalue weighted by atomic mass is 10.1. The van der Waals surface area contributed by atoms with Crippen molar-refractivity contribution < 1.29 is 9.53 Å². The maximum absolute atomic E-state index is 12.5. The third-order valence-electron chi connectivity index (χ3n) is 5.16. The fraction of sp³-hybridized carbons (Fsp3) is 0.632. The number of carbonyl (C=O) groups excluding carboxylic acids is 1. The van der Waals surface area contributed by atoms with Crippen molar-refractivity contribution in [2.75, 3.05) is 65.6 Å². The molecular weight excluding hydrogens is 302 g/mol. The maximum Gasteiger partial charge on any atom is 0.227 e. The van der Waals surface area contributed by atoms with E-state index in [0.29, 0.717) is 6.42 Å². The molecule has 3 rings (SSSR count). The third kappa shape index (κ3) is 4.79. The van der Waals surface area contributed by atoms with Crippen LogP contribution in [0.15, 0.2) is 24.3 Å². The molecular formula is C19H29N3O2. The summed E-state index contributed by atoms with van der Waals surface area (Å²) >= 11 is 0. The normalized spacial score (nSPS) is 20.3. The van der Waals surface area contributed by atoms with Crippen LogP contribution in [0, 0.1) is 6.92 Å². The largest absolute Gasteiger partial charge is 0.379 e. The molecule has 1 aromatic rings. The quantitative estimate of drug-likeness (QED) is 0.807. The molecule has 5 heteroatoms. The molecule has 0 N–H and O–H groups in total. The molecule has 2 saturated heterocycles. The van der Waals surface area contributed by atoms with Crippen molar-refractivity contribution in [3.05, 3.63) is 35.4 Å². The van der Waals surface area contributed by atoms with E-state index in [4.69, 9.17) is 4.74 Å². The van der Waals surface area contributed by atoms with Gasteiger partial charge in [-0.15, -0.1) is 0 Å². The minimum Gasteiger partial charge on any atom is -0.379 e. The van der Waals surface area contributed by atoms with Gasteiger partial charge in [0.15, 0.2) is 0 Å². The van der Waals surface area contributed by atoms with Crippen molar-refractivity contribution in [2.24, 2.45) is 0 Å². The van der Waals surface area contributed by atoms with Crippen LogP contribution in [-0.4, -0.2) is 86.2 Å². The summed E-state index contributed by atoms with van der Waals surface area (Å²) in [6, 6.07) is 8.17. The number of benzene rings is 1. The molecule has 0 saturated carbocycles. The van der Waals surface area contributed by atoms with Crippen molar-refractivity contribution in [3.8, 4) is 0 Å². The molecule has 2 fully saturated rings. The highest BCUT2D eigenvalue weighted by atomic mass is 16.5. The molecule has 0 atom stereocenters. The Morgan fingerprint density at radius 1 is 0.958 bits per heavy atom. The molecule has 1 aromatic carbocycles. The average molecular weight is 331 g/mol. The van der Waals surface area contributed by atoms with Crippen molar-refractivity contribution in [1.82, 2.24) is 14.7 Å². The Balaban J connectivity index is 1.39. The Kier molecular flexibility index (Phi) is 6.24. The summed E-state index contributed by atoms with van der Waals surface area (Å²) in [7, 11) is 0. The molecule has 1 amide bonds. The Bertz CT molecular complexity index is 535. The van der Waals surface area contributed by atoms with Gasteiger partial charge in [-0.2, -0.15) is 0 Å². The number of hydrogen-bond acceptors (Lipinski definition) is 4. The standard InChI is InChI=1S/C19H29N3O2/c1-17-4-2-3-5-18(17)16-19(23)22-10-8-20(9-11-22)6-7-21-12-14-24-15-13-21/h2-5H,6-16H2,1H3. The lowest BCUT2D eigenvalue weighted by Gasteiger charge is -2.36. The second kappa shape index (κ2) is 8.60. The van der Waals surface area contributed by atoms with Crippen molar-refractivity contribution in [1.29, 1.82) is 0 Å². The van der Waals surface area contributed by atoms with E-state index in [-0.39, 0.29) is 5.91 Å². The monoisotopic (exact) mass is 331 g/mol. The zero-order valence-corrected chi connectivity index (χ0v) is 14.7. The lowest BCUT2D eigenvalue weighted by molar-refractivity contribution is -0.132. The number of rotatable bonds is 5. The van der Waals surface area contributed by atoms with E-state index in [9.17, 15) is 4.79 Å². The van der Waals surface area contributed by atoms with Gasteiger partial charge in [0.1, 0.15) is 0 Å². The fourth-order valence-electron chi connectivity index (χ4n) is 3.41. The van der Waals surface area contributed by atoms with Crippen molar-refractivity contribution in [3.63, 3.8) is 0 Å². The van der Waals surface area contributed by atoms with Crippen LogP contribution in [0.3, 0.4) is 0 Å². The van der Waals surface area contributed by atoms with E-state index in [0.717, 1.165) is 71.1 Å². The van der Waals surface area contributed by atoms with Crippen LogP contribution in [0.4, 0.5) is 0 Å². The van der Waals surface area contributed by atoms with Crippen LogP contribution < -0.4 is 0 Å². The summed E-state index contributed by atoms with van der Waals surface area (Å²) < 4.78 is 5.39. The van der Waals surface area contributed by atoms with Gasteiger partial charge < -0.3 is 9.64 Å². The SMILES string of the molecule is Cc1ccccc1CC(=O)N1CCN(CCN2CCOCC2)CC1. The van der Waals surface area contributed by atoms with Gasteiger partial charge in [0.2, 0.25) is 5.91 Å². The number of hydrogen-bond donors (Lipinski definition) is 0. The van der Waals surface area contributed by atoms with E-state index in [1.165, 1.54) is 5.56 Å². The molecule has 5 nitrogen and oxygen atoms in total. The first-order chi connectivity index (χ1) is 11.7. The Labute approximate surface area is 145 Å². The van der Waals surface area contributed by atoms with Crippen LogP contribution >= 0.6 is 0 Å². The van der Waals surface area contributed by atoms with E-state index in [2.05, 4.69) is 28.9 Å². The third-order valence-corrected chi connectivity index (χ3v) is 5.16. The second-order valence-corrected chi connectivity index (χ2v) is 6.78. The molecule has 0 aliphatic carbocycles. The molecule has 0 aromatic heterocycles. The van der Waals surface area contributed by atoms with Crippen LogP contribution in [-0.2, 0) is 16.0 Å². The first-order valence-corrected chi connectivity index (χ1v) is 9.07. The Morgan fingerprint density at radius 3 is 2.25 bits per heavy atom. The van der Waals surface area contributed by atoms with E-state index >= 15 is 0 Å². The van der Waals surface area contributed by atoms with E-state index in [1.807, 2.05) is 17.0 Å². The molecule has 2 aliphatic heterocycles. The van der Waals surface area contributed by atoms with E-state index in [1.54, 1.807) is 0 Å². The molecule has 2 heterocycles. The maximum atomic E-state index is 12.5. The number of morpholine rings is 1. The summed E-state index contributed by atoms with van der Waals surface area (Å²) in [5.74, 6) is 0.261. The second-order valence-electron chi connectivity index (χ2n) is 6.78. The van der Waals surface area contributed by atoms with Crippen molar-refractivity contribution >= 4 is 5.91 Å².